The maximum absolute atomic E-state index is 14.1. The molecular formula is C26H22N2O4. The fourth-order valence-electron chi connectivity index (χ4n) is 5.25. The molecule has 2 heterocycles. The molecule has 3 aromatic rings. The van der Waals surface area contributed by atoms with Gasteiger partial charge >= 0.3 is 5.97 Å². The van der Waals surface area contributed by atoms with Crippen LogP contribution < -0.4 is 5.32 Å². The van der Waals surface area contributed by atoms with Gasteiger partial charge in [0.2, 0.25) is 11.8 Å². The van der Waals surface area contributed by atoms with E-state index in [4.69, 9.17) is 0 Å². The first kappa shape index (κ1) is 20.2. The van der Waals surface area contributed by atoms with Gasteiger partial charge in [-0.3, -0.25) is 24.6 Å². The molecule has 2 aliphatic heterocycles. The number of nitrogens with one attached hydrogen (secondary N) is 1. The Bertz CT molecular complexity index is 1170. The maximum atomic E-state index is 14.1. The molecule has 0 radical (unpaired) electrons. The first-order chi connectivity index (χ1) is 15.5. The summed E-state index contributed by atoms with van der Waals surface area (Å²) in [6.45, 7) is 0.109. The molecule has 3 aromatic carbocycles. The molecule has 5 rings (SSSR count). The number of imide groups is 1. The second-order valence-corrected chi connectivity index (χ2v) is 8.25. The first-order valence-corrected chi connectivity index (χ1v) is 10.5. The molecule has 160 valence electrons. The second-order valence-electron chi connectivity index (χ2n) is 8.25. The van der Waals surface area contributed by atoms with Crippen molar-refractivity contribution in [1.29, 1.82) is 0 Å². The number of carbonyl (C=O) groups is 3. The molecule has 32 heavy (non-hydrogen) atoms. The third-order valence-corrected chi connectivity index (χ3v) is 6.59. The Morgan fingerprint density at radius 2 is 1.44 bits per heavy atom. The Morgan fingerprint density at radius 1 is 0.875 bits per heavy atom. The normalized spacial score (nSPS) is 26.9. The van der Waals surface area contributed by atoms with E-state index < -0.39 is 35.3 Å². The van der Waals surface area contributed by atoms with Crippen LogP contribution >= 0.6 is 0 Å². The Hall–Kier alpha value is -3.77. The van der Waals surface area contributed by atoms with Crippen LogP contribution in [-0.2, 0) is 26.3 Å². The lowest BCUT2D eigenvalue weighted by molar-refractivity contribution is -0.146. The van der Waals surface area contributed by atoms with Crippen molar-refractivity contribution in [2.75, 3.05) is 0 Å². The number of fused-ring (bicyclic) bond motifs is 1. The number of carboxylic acid groups (broad SMARTS) is 1. The zero-order chi connectivity index (χ0) is 22.3. The summed E-state index contributed by atoms with van der Waals surface area (Å²) in [5.41, 5.74) is 0.877. The van der Waals surface area contributed by atoms with E-state index in [1.807, 2.05) is 91.0 Å². The van der Waals surface area contributed by atoms with E-state index in [0.717, 1.165) is 11.1 Å². The molecule has 0 aromatic heterocycles. The molecule has 0 saturated carbocycles. The molecule has 2 amide bonds. The molecule has 2 saturated heterocycles. The first-order valence-electron chi connectivity index (χ1n) is 10.5. The lowest BCUT2D eigenvalue weighted by Crippen LogP contribution is -2.44. The topological polar surface area (TPSA) is 86.7 Å². The molecular weight excluding hydrogens is 404 g/mol. The van der Waals surface area contributed by atoms with Crippen molar-refractivity contribution < 1.29 is 19.5 Å². The molecule has 0 aliphatic carbocycles. The Balaban J connectivity index is 1.71. The Kier molecular flexibility index (Phi) is 4.87. The highest BCUT2D eigenvalue weighted by Crippen LogP contribution is 2.55. The van der Waals surface area contributed by atoms with Crippen LogP contribution in [0.15, 0.2) is 91.0 Å². The fraction of sp³-hybridized carbons (Fsp3) is 0.192. The minimum Gasteiger partial charge on any atom is -0.480 e. The number of carbonyl (C=O) groups excluding carboxylic acids is 2. The lowest BCUT2D eigenvalue weighted by atomic mass is 9.66. The van der Waals surface area contributed by atoms with E-state index >= 15 is 0 Å². The maximum Gasteiger partial charge on any atom is 0.321 e. The van der Waals surface area contributed by atoms with Crippen LogP contribution in [-0.4, -0.2) is 33.8 Å². The number of likely N-dealkylation sites (tertiary alicyclic amines) is 1. The van der Waals surface area contributed by atoms with Crippen molar-refractivity contribution >= 4 is 17.8 Å². The molecule has 2 N–H and O–H groups in total. The predicted molar refractivity (Wildman–Crippen MR) is 117 cm³/mol. The predicted octanol–water partition coefficient (Wildman–Crippen LogP) is 2.91. The van der Waals surface area contributed by atoms with E-state index in [1.165, 1.54) is 4.90 Å². The van der Waals surface area contributed by atoms with Crippen LogP contribution in [0.3, 0.4) is 0 Å². The summed E-state index contributed by atoms with van der Waals surface area (Å²) in [6, 6.07) is 25.8. The van der Waals surface area contributed by atoms with Crippen molar-refractivity contribution in [2.45, 2.75) is 24.0 Å². The SMILES string of the molecule is O=C(O)C1NC(c2ccccc2)C2(c3ccccc3)C(=O)N(Cc3ccccc3)C(=O)[C@H]12. The highest BCUT2D eigenvalue weighted by atomic mass is 16.4. The largest absolute Gasteiger partial charge is 0.480 e. The van der Waals surface area contributed by atoms with Gasteiger partial charge < -0.3 is 5.11 Å². The number of rotatable bonds is 5. The smallest absolute Gasteiger partial charge is 0.321 e. The molecule has 2 fully saturated rings. The highest BCUT2D eigenvalue weighted by Gasteiger charge is 2.71. The molecule has 2 aliphatic rings. The van der Waals surface area contributed by atoms with Crippen molar-refractivity contribution in [3.8, 4) is 0 Å². The Morgan fingerprint density at radius 3 is 2.03 bits per heavy atom. The summed E-state index contributed by atoms with van der Waals surface area (Å²) < 4.78 is 0. The van der Waals surface area contributed by atoms with Gasteiger partial charge in [0.05, 0.1) is 18.5 Å². The number of hydrogen-bond acceptors (Lipinski definition) is 4. The van der Waals surface area contributed by atoms with Crippen LogP contribution in [0.25, 0.3) is 0 Å². The second kappa shape index (κ2) is 7.73. The molecule has 0 bridgehead atoms. The van der Waals surface area contributed by atoms with Gasteiger partial charge in [0.25, 0.3) is 0 Å². The van der Waals surface area contributed by atoms with Crippen molar-refractivity contribution in [2.24, 2.45) is 5.92 Å². The Labute approximate surface area is 185 Å². The summed E-state index contributed by atoms with van der Waals surface area (Å²) in [4.78, 5) is 41.3. The fourth-order valence-corrected chi connectivity index (χ4v) is 5.25. The van der Waals surface area contributed by atoms with E-state index in [0.29, 0.717) is 5.56 Å². The summed E-state index contributed by atoms with van der Waals surface area (Å²) in [7, 11) is 0. The number of amides is 2. The van der Waals surface area contributed by atoms with Crippen LogP contribution in [0.5, 0.6) is 0 Å². The molecule has 4 atom stereocenters. The van der Waals surface area contributed by atoms with Crippen LogP contribution in [0.2, 0.25) is 0 Å². The van der Waals surface area contributed by atoms with Gasteiger partial charge in [-0.15, -0.1) is 0 Å². The van der Waals surface area contributed by atoms with Crippen LogP contribution in [0.4, 0.5) is 0 Å². The van der Waals surface area contributed by atoms with Gasteiger partial charge in [-0.25, -0.2) is 0 Å². The van der Waals surface area contributed by atoms with Crippen LogP contribution in [0.1, 0.15) is 22.7 Å². The zero-order valence-corrected chi connectivity index (χ0v) is 17.2. The van der Waals surface area contributed by atoms with Gasteiger partial charge in [-0.1, -0.05) is 91.0 Å². The molecule has 0 spiro atoms. The van der Waals surface area contributed by atoms with Gasteiger partial charge in [0.15, 0.2) is 0 Å². The summed E-state index contributed by atoms with van der Waals surface area (Å²) in [5, 5.41) is 13.1. The summed E-state index contributed by atoms with van der Waals surface area (Å²) in [6.07, 6.45) is 0. The highest BCUT2D eigenvalue weighted by molar-refractivity contribution is 6.13. The van der Waals surface area contributed by atoms with Crippen LogP contribution in [0, 0.1) is 5.92 Å². The van der Waals surface area contributed by atoms with Gasteiger partial charge in [-0.05, 0) is 16.7 Å². The number of aliphatic carboxylic acids is 1. The molecule has 6 heteroatoms. The minimum absolute atomic E-state index is 0.109. The third-order valence-electron chi connectivity index (χ3n) is 6.59. The van der Waals surface area contributed by atoms with E-state index in [1.54, 1.807) is 0 Å². The van der Waals surface area contributed by atoms with E-state index in [-0.39, 0.29) is 12.5 Å². The monoisotopic (exact) mass is 426 g/mol. The standard InChI is InChI=1S/C26H22N2O4/c29-23-20-21(24(30)31)27-22(18-12-6-2-7-13-18)26(20,19-14-8-3-9-15-19)25(32)28(23)16-17-10-4-1-5-11-17/h1-15,20-22,27H,16H2,(H,30,31)/t20-,21?,22?,26?/m0/s1. The summed E-state index contributed by atoms with van der Waals surface area (Å²) >= 11 is 0. The number of hydrogen-bond donors (Lipinski definition) is 2. The number of benzene rings is 3. The number of nitrogens with zero attached hydrogens (tertiary/aromatic N) is 1. The third kappa shape index (κ3) is 2.87. The zero-order valence-electron chi connectivity index (χ0n) is 17.2. The summed E-state index contributed by atoms with van der Waals surface area (Å²) in [5.74, 6) is -3.02. The van der Waals surface area contributed by atoms with E-state index in [2.05, 4.69) is 5.32 Å². The van der Waals surface area contributed by atoms with Crippen molar-refractivity contribution in [1.82, 2.24) is 10.2 Å². The number of carboxylic acids is 1. The minimum atomic E-state index is -1.35. The lowest BCUT2D eigenvalue weighted by Gasteiger charge is -2.33. The quantitative estimate of drug-likeness (QED) is 0.613. The molecule has 3 unspecified atom stereocenters. The van der Waals surface area contributed by atoms with Gasteiger partial charge in [0.1, 0.15) is 11.5 Å². The molecule has 6 nitrogen and oxygen atoms in total. The van der Waals surface area contributed by atoms with Gasteiger partial charge in [0, 0.05) is 0 Å². The van der Waals surface area contributed by atoms with Crippen molar-refractivity contribution in [3.05, 3.63) is 108 Å². The van der Waals surface area contributed by atoms with E-state index in [9.17, 15) is 19.5 Å². The average molecular weight is 426 g/mol. The average Bonchev–Trinajstić information content (AvgIpc) is 3.30. The van der Waals surface area contributed by atoms with Crippen molar-refractivity contribution in [3.63, 3.8) is 0 Å². The van der Waals surface area contributed by atoms with Gasteiger partial charge in [-0.2, -0.15) is 0 Å².